The second-order valence-corrected chi connectivity index (χ2v) is 6.81. The van der Waals surface area contributed by atoms with E-state index in [9.17, 15) is 0 Å². The molecule has 22 heavy (non-hydrogen) atoms. The largest absolute Gasteiger partial charge is 0.352 e. The SMILES string of the molecule is CCC([SiH3])c1nc2c(C(OC)OC)cccc2s1.S.S.S.S. The minimum absolute atomic E-state index is 0. The molecule has 0 N–H and O–H groups in total. The predicted octanol–water partition coefficient (Wildman–Crippen LogP) is 2.86. The molecular formula is C13H27NO2S5Si. The van der Waals surface area contributed by atoms with Gasteiger partial charge in [0.2, 0.25) is 0 Å². The number of para-hydroxylation sites is 1. The third kappa shape index (κ3) is 5.93. The third-order valence-corrected chi connectivity index (χ3v) is 6.22. The van der Waals surface area contributed by atoms with Crippen LogP contribution < -0.4 is 0 Å². The summed E-state index contributed by atoms with van der Waals surface area (Å²) in [6, 6.07) is 6.18. The fraction of sp³-hybridized carbons (Fsp3) is 0.462. The molecule has 0 radical (unpaired) electrons. The Labute approximate surface area is 167 Å². The van der Waals surface area contributed by atoms with Crippen LogP contribution in [-0.4, -0.2) is 29.4 Å². The molecule has 0 aliphatic heterocycles. The van der Waals surface area contributed by atoms with Crippen LogP contribution >= 0.6 is 65.3 Å². The molecule has 1 atom stereocenters. The van der Waals surface area contributed by atoms with Gasteiger partial charge in [0.1, 0.15) is 0 Å². The summed E-state index contributed by atoms with van der Waals surface area (Å²) in [5, 5.41) is 1.25. The van der Waals surface area contributed by atoms with Crippen LogP contribution in [0.5, 0.6) is 0 Å². The topological polar surface area (TPSA) is 31.4 Å². The van der Waals surface area contributed by atoms with E-state index in [-0.39, 0.29) is 60.3 Å². The van der Waals surface area contributed by atoms with Crippen LogP contribution in [0.1, 0.15) is 35.7 Å². The van der Waals surface area contributed by atoms with E-state index in [0.717, 1.165) is 21.3 Å². The normalized spacial score (nSPS) is 11.1. The van der Waals surface area contributed by atoms with Gasteiger partial charge in [-0.2, -0.15) is 54.0 Å². The molecule has 0 saturated heterocycles. The number of rotatable bonds is 5. The summed E-state index contributed by atoms with van der Waals surface area (Å²) in [6.45, 7) is 2.22. The predicted molar refractivity (Wildman–Crippen MR) is 121 cm³/mol. The van der Waals surface area contributed by atoms with Gasteiger partial charge in [-0.3, -0.25) is 0 Å². The maximum atomic E-state index is 5.34. The maximum absolute atomic E-state index is 5.34. The van der Waals surface area contributed by atoms with Crippen molar-refractivity contribution in [2.75, 3.05) is 14.2 Å². The van der Waals surface area contributed by atoms with Crippen LogP contribution in [0.3, 0.4) is 0 Å². The van der Waals surface area contributed by atoms with Crippen molar-refractivity contribution in [2.24, 2.45) is 0 Å². The van der Waals surface area contributed by atoms with Crippen molar-refractivity contribution in [1.29, 1.82) is 0 Å². The molecular weight excluding hydrogens is 391 g/mol. The Morgan fingerprint density at radius 3 is 2.23 bits per heavy atom. The van der Waals surface area contributed by atoms with Crippen LogP contribution in [-0.2, 0) is 9.47 Å². The third-order valence-electron chi connectivity index (χ3n) is 3.18. The second-order valence-electron chi connectivity index (χ2n) is 4.36. The lowest BCUT2D eigenvalue weighted by Gasteiger charge is -2.13. The van der Waals surface area contributed by atoms with Gasteiger partial charge in [0.05, 0.1) is 15.2 Å². The quantitative estimate of drug-likeness (QED) is 0.554. The van der Waals surface area contributed by atoms with Crippen molar-refractivity contribution in [1.82, 2.24) is 4.98 Å². The van der Waals surface area contributed by atoms with Crippen molar-refractivity contribution >= 4 is 85.8 Å². The Morgan fingerprint density at radius 2 is 1.73 bits per heavy atom. The number of thiazole rings is 1. The first-order chi connectivity index (χ1) is 8.71. The van der Waals surface area contributed by atoms with E-state index in [1.807, 2.05) is 12.1 Å². The van der Waals surface area contributed by atoms with Gasteiger partial charge in [-0.05, 0) is 11.6 Å². The molecule has 2 rings (SSSR count). The van der Waals surface area contributed by atoms with Gasteiger partial charge in [-0.15, -0.1) is 11.3 Å². The molecule has 2 aromatic rings. The zero-order chi connectivity index (χ0) is 13.1. The summed E-state index contributed by atoms with van der Waals surface area (Å²) >= 11 is 1.80. The van der Waals surface area contributed by atoms with E-state index in [0.29, 0.717) is 5.54 Å². The molecule has 0 saturated carbocycles. The Kier molecular flexibility index (Phi) is 16.2. The Bertz CT molecular complexity index is 536. The summed E-state index contributed by atoms with van der Waals surface area (Å²) in [5.41, 5.74) is 2.68. The number of aromatic nitrogens is 1. The lowest BCUT2D eigenvalue weighted by Crippen LogP contribution is -2.04. The number of fused-ring (bicyclic) bond motifs is 1. The first-order valence-corrected chi connectivity index (χ1v) is 8.13. The summed E-state index contributed by atoms with van der Waals surface area (Å²) in [6.07, 6.45) is 0.831. The maximum Gasteiger partial charge on any atom is 0.185 e. The first-order valence-electron chi connectivity index (χ1n) is 6.16. The lowest BCUT2D eigenvalue weighted by atomic mass is 10.2. The molecule has 0 aliphatic carbocycles. The molecule has 0 amide bonds. The smallest absolute Gasteiger partial charge is 0.185 e. The van der Waals surface area contributed by atoms with Crippen molar-refractivity contribution in [2.45, 2.75) is 25.2 Å². The highest BCUT2D eigenvalue weighted by atomic mass is 32.1. The van der Waals surface area contributed by atoms with Gasteiger partial charge < -0.3 is 9.47 Å². The highest BCUT2D eigenvalue weighted by Crippen LogP contribution is 2.32. The molecule has 0 aliphatic rings. The second kappa shape index (κ2) is 13.0. The van der Waals surface area contributed by atoms with Crippen molar-refractivity contribution in [3.63, 3.8) is 0 Å². The highest BCUT2D eigenvalue weighted by Gasteiger charge is 2.17. The van der Waals surface area contributed by atoms with E-state index in [1.54, 1.807) is 25.6 Å². The molecule has 9 heteroatoms. The van der Waals surface area contributed by atoms with E-state index in [4.69, 9.17) is 14.5 Å². The summed E-state index contributed by atoms with van der Waals surface area (Å²) in [4.78, 5) is 4.79. The van der Waals surface area contributed by atoms with Gasteiger partial charge in [0, 0.05) is 30.0 Å². The van der Waals surface area contributed by atoms with Crippen LogP contribution in [0.4, 0.5) is 0 Å². The summed E-state index contributed by atoms with van der Waals surface area (Å²) in [5.74, 6) is 0. The Hall–Kier alpha value is 0.647. The number of nitrogens with zero attached hydrogens (tertiary/aromatic N) is 1. The summed E-state index contributed by atoms with van der Waals surface area (Å²) in [7, 11) is 4.46. The zero-order valence-corrected chi connectivity index (χ0v) is 20.1. The monoisotopic (exact) mass is 417 g/mol. The molecule has 1 aromatic heterocycles. The molecule has 1 heterocycles. The number of methoxy groups -OCH3 is 2. The van der Waals surface area contributed by atoms with Gasteiger partial charge in [0.25, 0.3) is 0 Å². The van der Waals surface area contributed by atoms with Gasteiger partial charge in [-0.1, -0.05) is 25.5 Å². The number of hydrogen-bond donors (Lipinski definition) is 0. The van der Waals surface area contributed by atoms with E-state index in [1.165, 1.54) is 16.1 Å². The standard InChI is InChI=1S/C13H19NO2SSi.4H2S/c1-4-10(18)12-14-11-8(13(15-2)16-3)6-5-7-9(11)17-12;;;;/h5-7,10,13H,4H2,1-3,18H3;4*1H2. The van der Waals surface area contributed by atoms with Gasteiger partial charge >= 0.3 is 0 Å². The molecule has 0 fully saturated rings. The van der Waals surface area contributed by atoms with Gasteiger partial charge in [-0.25, -0.2) is 4.98 Å². The van der Waals surface area contributed by atoms with E-state index in [2.05, 4.69) is 13.0 Å². The van der Waals surface area contributed by atoms with Crippen LogP contribution in [0, 0.1) is 0 Å². The number of benzene rings is 1. The highest BCUT2D eigenvalue weighted by molar-refractivity contribution is 7.59. The summed E-state index contributed by atoms with van der Waals surface area (Å²) < 4.78 is 11.9. The van der Waals surface area contributed by atoms with E-state index < -0.39 is 0 Å². The van der Waals surface area contributed by atoms with Crippen molar-refractivity contribution < 1.29 is 9.47 Å². The number of hydrogen-bond acceptors (Lipinski definition) is 4. The van der Waals surface area contributed by atoms with Crippen LogP contribution in [0.2, 0.25) is 0 Å². The molecule has 130 valence electrons. The lowest BCUT2D eigenvalue weighted by molar-refractivity contribution is -0.105. The molecule has 0 spiro atoms. The Balaban J connectivity index is -0.000000902. The fourth-order valence-electron chi connectivity index (χ4n) is 1.91. The molecule has 3 nitrogen and oxygen atoms in total. The average Bonchev–Trinajstić information content (AvgIpc) is 2.84. The number of ether oxygens (including phenoxy) is 2. The van der Waals surface area contributed by atoms with E-state index >= 15 is 0 Å². The molecule has 1 aromatic carbocycles. The Morgan fingerprint density at radius 1 is 1.14 bits per heavy atom. The first kappa shape index (κ1) is 27.5. The zero-order valence-electron chi connectivity index (χ0n) is 13.3. The fourth-order valence-corrected chi connectivity index (χ4v) is 3.53. The average molecular weight is 418 g/mol. The van der Waals surface area contributed by atoms with Crippen molar-refractivity contribution in [3.05, 3.63) is 28.8 Å². The van der Waals surface area contributed by atoms with Crippen LogP contribution in [0.25, 0.3) is 10.2 Å². The van der Waals surface area contributed by atoms with Crippen LogP contribution in [0.15, 0.2) is 18.2 Å². The van der Waals surface area contributed by atoms with Gasteiger partial charge in [0.15, 0.2) is 6.29 Å². The minimum atomic E-state index is -0.335. The minimum Gasteiger partial charge on any atom is -0.352 e. The molecule has 1 unspecified atom stereocenters. The van der Waals surface area contributed by atoms with Crippen molar-refractivity contribution in [3.8, 4) is 0 Å². The molecule has 0 bridgehead atoms.